The quantitative estimate of drug-likeness (QED) is 0.747. The first-order chi connectivity index (χ1) is 8.00. The Hall–Kier alpha value is -1.69. The molecule has 0 bridgehead atoms. The number of aromatic nitrogens is 2. The van der Waals surface area contributed by atoms with Gasteiger partial charge in [0.25, 0.3) is 11.5 Å². The minimum atomic E-state index is -0.318. The summed E-state index contributed by atoms with van der Waals surface area (Å²) < 4.78 is 0. The monoisotopic (exact) mass is 238 g/mol. The molecule has 0 atom stereocenters. The van der Waals surface area contributed by atoms with Gasteiger partial charge < -0.3 is 10.2 Å². The highest BCUT2D eigenvalue weighted by Gasteiger charge is 2.07. The lowest BCUT2D eigenvalue weighted by Crippen LogP contribution is -2.36. The minimum absolute atomic E-state index is 0.219. The van der Waals surface area contributed by atoms with Gasteiger partial charge in [-0.15, -0.1) is 0 Å². The fourth-order valence-corrected chi connectivity index (χ4v) is 1.17. The van der Waals surface area contributed by atoms with E-state index in [1.807, 2.05) is 7.05 Å². The second kappa shape index (κ2) is 6.15. The van der Waals surface area contributed by atoms with Gasteiger partial charge in [0.05, 0.1) is 0 Å². The summed E-state index contributed by atoms with van der Waals surface area (Å²) in [5.74, 6) is -0.279. The number of amides is 1. The molecule has 0 fully saturated rings. The van der Waals surface area contributed by atoms with Gasteiger partial charge in [0.1, 0.15) is 5.69 Å². The summed E-state index contributed by atoms with van der Waals surface area (Å²) in [5, 5.41) is 8.61. The van der Waals surface area contributed by atoms with Crippen LogP contribution in [0.4, 0.5) is 0 Å². The maximum Gasteiger partial charge on any atom is 0.271 e. The first-order valence-electron chi connectivity index (χ1n) is 5.55. The molecular formula is C11H18N4O2. The molecular weight excluding hydrogens is 220 g/mol. The zero-order valence-electron chi connectivity index (χ0n) is 10.4. The Labute approximate surface area is 100 Å². The number of aromatic amines is 1. The van der Waals surface area contributed by atoms with Crippen molar-refractivity contribution < 1.29 is 4.79 Å². The summed E-state index contributed by atoms with van der Waals surface area (Å²) in [6.45, 7) is 5.50. The van der Waals surface area contributed by atoms with Crippen molar-refractivity contribution in [2.75, 3.05) is 20.1 Å². The summed E-state index contributed by atoms with van der Waals surface area (Å²) in [5.41, 5.74) is -0.0992. The van der Waals surface area contributed by atoms with Crippen molar-refractivity contribution in [2.24, 2.45) is 0 Å². The van der Waals surface area contributed by atoms with E-state index in [1.54, 1.807) is 0 Å². The molecule has 0 unspecified atom stereocenters. The van der Waals surface area contributed by atoms with E-state index < -0.39 is 0 Å². The zero-order valence-corrected chi connectivity index (χ0v) is 10.4. The predicted octanol–water partition coefficient (Wildman–Crippen LogP) is -0.160. The first kappa shape index (κ1) is 13.4. The third kappa shape index (κ3) is 4.36. The molecule has 6 heteroatoms. The summed E-state index contributed by atoms with van der Waals surface area (Å²) in [4.78, 5) is 24.5. The van der Waals surface area contributed by atoms with Crippen molar-refractivity contribution in [1.29, 1.82) is 0 Å². The number of H-pyrrole nitrogens is 1. The van der Waals surface area contributed by atoms with Gasteiger partial charge in [-0.2, -0.15) is 5.10 Å². The van der Waals surface area contributed by atoms with Crippen LogP contribution in [0.25, 0.3) is 0 Å². The van der Waals surface area contributed by atoms with E-state index in [1.165, 1.54) is 12.1 Å². The number of likely N-dealkylation sites (N-methyl/N-ethyl adjacent to an activating group) is 1. The minimum Gasteiger partial charge on any atom is -0.349 e. The third-order valence-corrected chi connectivity index (χ3v) is 2.54. The molecule has 0 saturated carbocycles. The number of rotatable bonds is 5. The van der Waals surface area contributed by atoms with E-state index in [4.69, 9.17) is 0 Å². The lowest BCUT2D eigenvalue weighted by Gasteiger charge is -2.20. The predicted molar refractivity (Wildman–Crippen MR) is 65.0 cm³/mol. The molecule has 1 aromatic rings. The van der Waals surface area contributed by atoms with Crippen LogP contribution in [0.15, 0.2) is 16.9 Å². The largest absolute Gasteiger partial charge is 0.349 e. The van der Waals surface area contributed by atoms with Gasteiger partial charge >= 0.3 is 0 Å². The van der Waals surface area contributed by atoms with E-state index in [0.29, 0.717) is 12.6 Å². The standard InChI is InChI=1S/C11H18N4O2/c1-8(2)15(3)7-6-12-11(17)9-4-5-10(16)14-13-9/h4-5,8H,6-7H2,1-3H3,(H,12,17)(H,14,16). The van der Waals surface area contributed by atoms with Crippen molar-refractivity contribution in [1.82, 2.24) is 20.4 Å². The van der Waals surface area contributed by atoms with Gasteiger partial charge in [-0.1, -0.05) is 0 Å². The van der Waals surface area contributed by atoms with E-state index in [-0.39, 0.29) is 17.2 Å². The van der Waals surface area contributed by atoms with Gasteiger partial charge in [0, 0.05) is 25.2 Å². The fourth-order valence-electron chi connectivity index (χ4n) is 1.17. The molecule has 0 aromatic carbocycles. The van der Waals surface area contributed by atoms with Gasteiger partial charge in [-0.05, 0) is 27.0 Å². The molecule has 94 valence electrons. The normalized spacial score (nSPS) is 10.9. The molecule has 2 N–H and O–H groups in total. The van der Waals surface area contributed by atoms with Gasteiger partial charge in [-0.25, -0.2) is 5.10 Å². The molecule has 0 radical (unpaired) electrons. The highest BCUT2D eigenvalue weighted by Crippen LogP contribution is 1.92. The number of carbonyl (C=O) groups is 1. The second-order valence-corrected chi connectivity index (χ2v) is 4.14. The summed E-state index contributed by atoms with van der Waals surface area (Å²) in [6.07, 6.45) is 0. The molecule has 1 aromatic heterocycles. The smallest absolute Gasteiger partial charge is 0.271 e. The van der Waals surface area contributed by atoms with E-state index >= 15 is 0 Å². The van der Waals surface area contributed by atoms with E-state index in [2.05, 4.69) is 34.3 Å². The molecule has 0 aliphatic carbocycles. The van der Waals surface area contributed by atoms with Crippen LogP contribution >= 0.6 is 0 Å². The van der Waals surface area contributed by atoms with Crippen LogP contribution in [0, 0.1) is 0 Å². The van der Waals surface area contributed by atoms with Crippen molar-refractivity contribution in [3.8, 4) is 0 Å². The number of nitrogens with zero attached hydrogens (tertiary/aromatic N) is 2. The summed E-state index contributed by atoms with van der Waals surface area (Å²) in [7, 11) is 2.00. The van der Waals surface area contributed by atoms with Gasteiger partial charge in [0.2, 0.25) is 0 Å². The molecule has 0 aliphatic heterocycles. The Kier molecular flexibility index (Phi) is 4.84. The van der Waals surface area contributed by atoms with Crippen molar-refractivity contribution in [3.05, 3.63) is 28.2 Å². The maximum atomic E-state index is 11.6. The Morgan fingerprint density at radius 3 is 2.76 bits per heavy atom. The van der Waals surface area contributed by atoms with Crippen LogP contribution in [-0.4, -0.2) is 47.2 Å². The number of nitrogens with one attached hydrogen (secondary N) is 2. The van der Waals surface area contributed by atoms with Crippen LogP contribution in [0.3, 0.4) is 0 Å². The maximum absolute atomic E-state index is 11.6. The van der Waals surface area contributed by atoms with Crippen LogP contribution in [0.1, 0.15) is 24.3 Å². The van der Waals surface area contributed by atoms with Crippen molar-refractivity contribution >= 4 is 5.91 Å². The van der Waals surface area contributed by atoms with Crippen LogP contribution in [0.2, 0.25) is 0 Å². The fraction of sp³-hybridized carbons (Fsp3) is 0.545. The highest BCUT2D eigenvalue weighted by molar-refractivity contribution is 5.91. The van der Waals surface area contributed by atoms with E-state index in [9.17, 15) is 9.59 Å². The van der Waals surface area contributed by atoms with Crippen LogP contribution in [-0.2, 0) is 0 Å². The number of carbonyl (C=O) groups excluding carboxylic acids is 1. The average Bonchev–Trinajstić information content (AvgIpc) is 2.29. The lowest BCUT2D eigenvalue weighted by molar-refractivity contribution is 0.0942. The molecule has 0 spiro atoms. The van der Waals surface area contributed by atoms with Gasteiger partial charge in [0.15, 0.2) is 0 Å². The molecule has 1 rings (SSSR count). The topological polar surface area (TPSA) is 78.1 Å². The molecule has 17 heavy (non-hydrogen) atoms. The Morgan fingerprint density at radius 2 is 2.24 bits per heavy atom. The van der Waals surface area contributed by atoms with E-state index in [0.717, 1.165) is 6.54 Å². The molecule has 1 heterocycles. The average molecular weight is 238 g/mol. The Bertz CT molecular complexity index is 407. The molecule has 1 amide bonds. The highest BCUT2D eigenvalue weighted by atomic mass is 16.2. The SMILES string of the molecule is CC(C)N(C)CCNC(=O)c1ccc(=O)[nH]n1. The number of hydrogen-bond donors (Lipinski definition) is 2. The number of hydrogen-bond acceptors (Lipinski definition) is 4. The second-order valence-electron chi connectivity index (χ2n) is 4.14. The van der Waals surface area contributed by atoms with Crippen LogP contribution < -0.4 is 10.9 Å². The molecule has 6 nitrogen and oxygen atoms in total. The molecule has 0 aliphatic rings. The summed E-state index contributed by atoms with van der Waals surface area (Å²) >= 11 is 0. The summed E-state index contributed by atoms with van der Waals surface area (Å²) in [6, 6.07) is 3.13. The third-order valence-electron chi connectivity index (χ3n) is 2.54. The van der Waals surface area contributed by atoms with Gasteiger partial charge in [-0.3, -0.25) is 9.59 Å². The van der Waals surface area contributed by atoms with Crippen molar-refractivity contribution in [2.45, 2.75) is 19.9 Å². The Morgan fingerprint density at radius 1 is 1.53 bits per heavy atom. The Balaban J connectivity index is 2.40. The molecule has 0 saturated heterocycles. The first-order valence-corrected chi connectivity index (χ1v) is 5.55. The van der Waals surface area contributed by atoms with Crippen molar-refractivity contribution in [3.63, 3.8) is 0 Å². The lowest BCUT2D eigenvalue weighted by atomic mass is 10.3. The van der Waals surface area contributed by atoms with Crippen LogP contribution in [0.5, 0.6) is 0 Å². The zero-order chi connectivity index (χ0) is 12.8.